The largest absolute Gasteiger partial charge is 0.464 e. The highest BCUT2D eigenvalue weighted by Crippen LogP contribution is 2.20. The highest BCUT2D eigenvalue weighted by atomic mass is 16.3. The van der Waals surface area contributed by atoms with E-state index in [2.05, 4.69) is 15.4 Å². The number of para-hydroxylation sites is 1. The molecule has 1 atom stereocenters. The summed E-state index contributed by atoms with van der Waals surface area (Å²) in [5, 5.41) is 8.52. The van der Waals surface area contributed by atoms with Gasteiger partial charge < -0.3 is 9.73 Å². The van der Waals surface area contributed by atoms with Crippen LogP contribution in [0.25, 0.3) is 11.0 Å². The summed E-state index contributed by atoms with van der Waals surface area (Å²) >= 11 is 0. The summed E-state index contributed by atoms with van der Waals surface area (Å²) in [6, 6.07) is 11.1. The molecule has 8 heteroatoms. The first-order valence-electron chi connectivity index (χ1n) is 10.0. The van der Waals surface area contributed by atoms with E-state index >= 15 is 0 Å². The summed E-state index contributed by atoms with van der Waals surface area (Å²) in [7, 11) is 0. The Morgan fingerprint density at radius 3 is 3.00 bits per heavy atom. The number of aryl methyl sites for hydroxylation is 1. The molecule has 1 N–H and O–H groups in total. The quantitative estimate of drug-likeness (QED) is 0.564. The number of hydrogen-bond acceptors (Lipinski definition) is 5. The second-order valence-corrected chi connectivity index (χ2v) is 7.51. The number of nitrogens with one attached hydrogen (secondary N) is 1. The first kappa shape index (κ1) is 18.4. The van der Waals surface area contributed by atoms with E-state index in [9.17, 15) is 9.59 Å². The van der Waals surface area contributed by atoms with Gasteiger partial charge in [-0.1, -0.05) is 18.2 Å². The van der Waals surface area contributed by atoms with Crippen molar-refractivity contribution in [3.8, 4) is 0 Å². The lowest BCUT2D eigenvalue weighted by atomic mass is 10.1. The molecule has 3 aromatic heterocycles. The standard InChI is InChI=1S/C22H21N5O3/c28-21(18-5-1-4-16-9-12-30-20(16)18)24-17-6-7-19-25-27(22(29)26(19)11-8-17)14-15-3-2-10-23-13-15/h1-5,9-10,12-13,17H,6-8,11,14H2,(H,24,28). The third-order valence-electron chi connectivity index (χ3n) is 5.53. The van der Waals surface area contributed by atoms with Gasteiger partial charge in [-0.3, -0.25) is 14.3 Å². The van der Waals surface area contributed by atoms with Gasteiger partial charge in [0, 0.05) is 36.8 Å². The van der Waals surface area contributed by atoms with Gasteiger partial charge in [-0.15, -0.1) is 0 Å². The van der Waals surface area contributed by atoms with Crippen molar-refractivity contribution in [2.45, 2.75) is 38.4 Å². The maximum absolute atomic E-state index is 12.8. The van der Waals surface area contributed by atoms with Crippen LogP contribution >= 0.6 is 0 Å². The second kappa shape index (κ2) is 7.62. The maximum Gasteiger partial charge on any atom is 0.346 e. The van der Waals surface area contributed by atoms with Gasteiger partial charge in [0.05, 0.1) is 18.4 Å². The van der Waals surface area contributed by atoms with Crippen LogP contribution in [0.15, 0.2) is 64.3 Å². The van der Waals surface area contributed by atoms with Crippen LogP contribution < -0.4 is 11.0 Å². The highest BCUT2D eigenvalue weighted by molar-refractivity contribution is 6.04. The molecule has 0 saturated heterocycles. The molecule has 152 valence electrons. The molecular weight excluding hydrogens is 382 g/mol. The van der Waals surface area contributed by atoms with Gasteiger partial charge in [-0.25, -0.2) is 9.48 Å². The molecule has 0 radical (unpaired) electrons. The van der Waals surface area contributed by atoms with Crippen molar-refractivity contribution in [1.82, 2.24) is 24.6 Å². The second-order valence-electron chi connectivity index (χ2n) is 7.51. The van der Waals surface area contributed by atoms with E-state index in [1.165, 1.54) is 4.68 Å². The van der Waals surface area contributed by atoms with Crippen molar-refractivity contribution in [3.05, 3.63) is 82.5 Å². The van der Waals surface area contributed by atoms with Crippen LogP contribution in [-0.2, 0) is 19.5 Å². The predicted octanol–water partition coefficient (Wildman–Crippen LogP) is 2.37. The molecule has 1 aromatic carbocycles. The fraction of sp³-hybridized carbons (Fsp3) is 0.273. The maximum atomic E-state index is 12.8. The van der Waals surface area contributed by atoms with E-state index < -0.39 is 0 Å². The van der Waals surface area contributed by atoms with E-state index in [0.717, 1.165) is 23.2 Å². The Kier molecular flexibility index (Phi) is 4.66. The Morgan fingerprint density at radius 1 is 1.20 bits per heavy atom. The first-order chi connectivity index (χ1) is 14.7. The Balaban J connectivity index is 1.29. The summed E-state index contributed by atoms with van der Waals surface area (Å²) < 4.78 is 8.68. The van der Waals surface area contributed by atoms with Crippen LogP contribution in [0.4, 0.5) is 0 Å². The number of hydrogen-bond donors (Lipinski definition) is 1. The fourth-order valence-electron chi connectivity index (χ4n) is 3.97. The minimum Gasteiger partial charge on any atom is -0.464 e. The van der Waals surface area contributed by atoms with E-state index in [-0.39, 0.29) is 17.6 Å². The van der Waals surface area contributed by atoms with Gasteiger partial charge in [0.1, 0.15) is 11.4 Å². The molecule has 1 amide bonds. The normalized spacial score (nSPS) is 16.2. The molecule has 4 heterocycles. The van der Waals surface area contributed by atoms with Crippen molar-refractivity contribution in [2.24, 2.45) is 0 Å². The number of nitrogens with zero attached hydrogens (tertiary/aromatic N) is 4. The summed E-state index contributed by atoms with van der Waals surface area (Å²) in [5.74, 6) is 0.600. The number of aromatic nitrogens is 4. The van der Waals surface area contributed by atoms with Crippen LogP contribution in [0.2, 0.25) is 0 Å². The molecule has 0 spiro atoms. The molecule has 1 unspecified atom stereocenters. The Hall–Kier alpha value is -3.68. The van der Waals surface area contributed by atoms with Crippen molar-refractivity contribution in [3.63, 3.8) is 0 Å². The molecule has 1 aliphatic rings. The van der Waals surface area contributed by atoms with Crippen LogP contribution in [-0.4, -0.2) is 31.3 Å². The van der Waals surface area contributed by atoms with Crippen molar-refractivity contribution < 1.29 is 9.21 Å². The number of furan rings is 1. The zero-order valence-electron chi connectivity index (χ0n) is 16.3. The van der Waals surface area contributed by atoms with Gasteiger partial charge in [-0.05, 0) is 36.6 Å². The van der Waals surface area contributed by atoms with Gasteiger partial charge in [-0.2, -0.15) is 5.10 Å². The van der Waals surface area contributed by atoms with Crippen LogP contribution in [0.3, 0.4) is 0 Å². The Labute approximate surface area is 172 Å². The highest BCUT2D eigenvalue weighted by Gasteiger charge is 2.23. The molecule has 0 bridgehead atoms. The number of carbonyl (C=O) groups is 1. The van der Waals surface area contributed by atoms with E-state index in [4.69, 9.17) is 4.42 Å². The number of carbonyl (C=O) groups excluding carboxylic acids is 1. The van der Waals surface area contributed by atoms with Crippen LogP contribution in [0, 0.1) is 0 Å². The molecule has 0 saturated carbocycles. The lowest BCUT2D eigenvalue weighted by Gasteiger charge is -2.16. The summed E-state index contributed by atoms with van der Waals surface area (Å²) in [6.07, 6.45) is 7.06. The molecule has 1 aliphatic heterocycles. The van der Waals surface area contributed by atoms with Crippen molar-refractivity contribution in [2.75, 3.05) is 0 Å². The monoisotopic (exact) mass is 403 g/mol. The van der Waals surface area contributed by atoms with Crippen LogP contribution in [0.5, 0.6) is 0 Å². The average molecular weight is 403 g/mol. The van der Waals surface area contributed by atoms with Crippen molar-refractivity contribution in [1.29, 1.82) is 0 Å². The minimum atomic E-state index is -0.158. The Bertz CT molecular complexity index is 1250. The lowest BCUT2D eigenvalue weighted by molar-refractivity contribution is 0.0933. The zero-order valence-corrected chi connectivity index (χ0v) is 16.3. The summed E-state index contributed by atoms with van der Waals surface area (Å²) in [5.41, 5.74) is 1.93. The number of rotatable bonds is 4. The van der Waals surface area contributed by atoms with Crippen LogP contribution in [0.1, 0.15) is 34.6 Å². The number of fused-ring (bicyclic) bond motifs is 2. The molecule has 30 heavy (non-hydrogen) atoms. The van der Waals surface area contributed by atoms with E-state index in [0.29, 0.717) is 37.1 Å². The smallest absolute Gasteiger partial charge is 0.346 e. The van der Waals surface area contributed by atoms with Gasteiger partial charge >= 0.3 is 5.69 Å². The van der Waals surface area contributed by atoms with E-state index in [1.807, 2.05) is 30.3 Å². The number of amides is 1. The molecule has 8 nitrogen and oxygen atoms in total. The van der Waals surface area contributed by atoms with Gasteiger partial charge in [0.15, 0.2) is 0 Å². The Morgan fingerprint density at radius 2 is 2.13 bits per heavy atom. The minimum absolute atomic E-state index is 0.0319. The first-order valence-corrected chi connectivity index (χ1v) is 10.0. The van der Waals surface area contributed by atoms with Gasteiger partial charge in [0.25, 0.3) is 5.91 Å². The van der Waals surface area contributed by atoms with E-state index in [1.54, 1.807) is 29.3 Å². The third kappa shape index (κ3) is 3.41. The summed E-state index contributed by atoms with van der Waals surface area (Å²) in [6.45, 7) is 0.928. The average Bonchev–Trinajstić information content (AvgIpc) is 3.29. The topological polar surface area (TPSA) is 95.0 Å². The third-order valence-corrected chi connectivity index (χ3v) is 5.53. The number of pyridine rings is 1. The SMILES string of the molecule is O=C(NC1CCc2nn(Cc3cccnc3)c(=O)n2CC1)c1cccc2ccoc12. The molecule has 0 aliphatic carbocycles. The number of benzene rings is 1. The summed E-state index contributed by atoms with van der Waals surface area (Å²) in [4.78, 5) is 29.7. The molecule has 4 aromatic rings. The molecular formula is C22H21N5O3. The molecule has 0 fully saturated rings. The lowest BCUT2D eigenvalue weighted by Crippen LogP contribution is -2.36. The fourth-order valence-corrected chi connectivity index (χ4v) is 3.97. The predicted molar refractivity (Wildman–Crippen MR) is 110 cm³/mol. The van der Waals surface area contributed by atoms with Gasteiger partial charge in [0.2, 0.25) is 0 Å². The molecule has 5 rings (SSSR count). The van der Waals surface area contributed by atoms with Crippen molar-refractivity contribution >= 4 is 16.9 Å². The zero-order chi connectivity index (χ0) is 20.5.